The van der Waals surface area contributed by atoms with Gasteiger partial charge in [-0.2, -0.15) is 12.6 Å². The van der Waals surface area contributed by atoms with Crippen molar-refractivity contribution >= 4 is 20.5 Å². The van der Waals surface area contributed by atoms with Crippen LogP contribution in [0.1, 0.15) is 22.6 Å². The highest BCUT2D eigenvalue weighted by atomic mass is 32.1. The SMILES string of the molecule is [B]CC1Cc2ccc(C)cc2C1CS. The van der Waals surface area contributed by atoms with E-state index in [2.05, 4.69) is 37.8 Å². The number of hydrogen-bond acceptors (Lipinski definition) is 1. The Morgan fingerprint density at radius 3 is 2.93 bits per heavy atom. The monoisotopic (exact) mass is 202 g/mol. The van der Waals surface area contributed by atoms with E-state index >= 15 is 0 Å². The molecule has 0 heterocycles. The summed E-state index contributed by atoms with van der Waals surface area (Å²) in [7, 11) is 5.78. The highest BCUT2D eigenvalue weighted by molar-refractivity contribution is 7.80. The zero-order chi connectivity index (χ0) is 10.1. The van der Waals surface area contributed by atoms with Crippen molar-refractivity contribution in [1.82, 2.24) is 0 Å². The third-order valence-corrected chi connectivity index (χ3v) is 3.64. The molecule has 1 aliphatic carbocycles. The Balaban J connectivity index is 2.38. The molecule has 2 heteroatoms. The lowest BCUT2D eigenvalue weighted by Gasteiger charge is -2.16. The van der Waals surface area contributed by atoms with Crippen molar-refractivity contribution in [3.05, 3.63) is 34.9 Å². The summed E-state index contributed by atoms with van der Waals surface area (Å²) in [5, 5.41) is 0. The summed E-state index contributed by atoms with van der Waals surface area (Å²) in [6.45, 7) is 2.14. The Hall–Kier alpha value is -0.365. The van der Waals surface area contributed by atoms with E-state index in [4.69, 9.17) is 7.85 Å². The van der Waals surface area contributed by atoms with Crippen LogP contribution in [0.4, 0.5) is 0 Å². The molecule has 0 amide bonds. The van der Waals surface area contributed by atoms with Gasteiger partial charge in [-0.05, 0) is 42.1 Å². The molecule has 14 heavy (non-hydrogen) atoms. The minimum Gasteiger partial charge on any atom is -0.179 e. The molecule has 0 nitrogen and oxygen atoms in total. The largest absolute Gasteiger partial charge is 0.179 e. The summed E-state index contributed by atoms with van der Waals surface area (Å²) in [5.74, 6) is 2.08. The van der Waals surface area contributed by atoms with Crippen LogP contribution < -0.4 is 0 Å². The number of benzene rings is 1. The van der Waals surface area contributed by atoms with Crippen molar-refractivity contribution in [3.8, 4) is 0 Å². The van der Waals surface area contributed by atoms with Crippen molar-refractivity contribution in [2.45, 2.75) is 25.6 Å². The summed E-state index contributed by atoms with van der Waals surface area (Å²) in [6.07, 6.45) is 1.91. The number of rotatable bonds is 2. The van der Waals surface area contributed by atoms with Gasteiger partial charge in [0, 0.05) is 0 Å². The first-order valence-electron chi connectivity index (χ1n) is 5.16. The zero-order valence-electron chi connectivity index (χ0n) is 8.53. The topological polar surface area (TPSA) is 0 Å². The van der Waals surface area contributed by atoms with Gasteiger partial charge in [0.1, 0.15) is 0 Å². The Labute approximate surface area is 92.9 Å². The predicted molar refractivity (Wildman–Crippen MR) is 65.5 cm³/mol. The second-order valence-corrected chi connectivity index (χ2v) is 4.56. The molecule has 0 N–H and O–H groups in total. The smallest absolute Gasteiger partial charge is 0.0657 e. The molecule has 2 atom stereocenters. The van der Waals surface area contributed by atoms with Crippen LogP contribution in [0.5, 0.6) is 0 Å². The Morgan fingerprint density at radius 1 is 1.50 bits per heavy atom. The quantitative estimate of drug-likeness (QED) is 0.553. The van der Waals surface area contributed by atoms with Crippen molar-refractivity contribution in [2.24, 2.45) is 5.92 Å². The molecule has 0 fully saturated rings. The molecule has 2 radical (unpaired) electrons. The van der Waals surface area contributed by atoms with Gasteiger partial charge in [0.05, 0.1) is 7.85 Å². The molecular formula is C12H15BS. The number of thiol groups is 1. The van der Waals surface area contributed by atoms with Crippen LogP contribution in [0.3, 0.4) is 0 Å². The molecule has 2 rings (SSSR count). The Kier molecular flexibility index (Phi) is 2.92. The van der Waals surface area contributed by atoms with Crippen molar-refractivity contribution in [2.75, 3.05) is 5.75 Å². The van der Waals surface area contributed by atoms with Crippen LogP contribution >= 0.6 is 12.6 Å². The molecule has 2 unspecified atom stereocenters. The summed E-state index contributed by atoms with van der Waals surface area (Å²) >= 11 is 4.43. The Morgan fingerprint density at radius 2 is 2.29 bits per heavy atom. The minimum absolute atomic E-state index is 0.568. The van der Waals surface area contributed by atoms with Crippen LogP contribution in [-0.2, 0) is 6.42 Å². The van der Waals surface area contributed by atoms with E-state index in [-0.39, 0.29) is 0 Å². The van der Waals surface area contributed by atoms with Crippen LogP contribution in [0, 0.1) is 12.8 Å². The predicted octanol–water partition coefficient (Wildman–Crippen LogP) is 2.77. The van der Waals surface area contributed by atoms with Crippen LogP contribution in [0.25, 0.3) is 0 Å². The molecular weight excluding hydrogens is 187 g/mol. The van der Waals surface area contributed by atoms with Gasteiger partial charge in [-0.25, -0.2) is 0 Å². The van der Waals surface area contributed by atoms with E-state index in [1.54, 1.807) is 0 Å². The zero-order valence-corrected chi connectivity index (χ0v) is 9.43. The maximum Gasteiger partial charge on any atom is 0.0657 e. The molecule has 1 aromatic rings. The van der Waals surface area contributed by atoms with Crippen molar-refractivity contribution in [1.29, 1.82) is 0 Å². The van der Waals surface area contributed by atoms with Gasteiger partial charge >= 0.3 is 0 Å². The second kappa shape index (κ2) is 4.02. The first-order valence-corrected chi connectivity index (χ1v) is 5.80. The standard InChI is InChI=1S/C12H15BS/c1-8-2-3-9-5-10(6-13)12(7-14)11(9)4-8/h2-4,10,12,14H,5-7H2,1H3. The van der Waals surface area contributed by atoms with Gasteiger partial charge in [-0.3, -0.25) is 0 Å². The van der Waals surface area contributed by atoms with Gasteiger partial charge < -0.3 is 0 Å². The highest BCUT2D eigenvalue weighted by Crippen LogP contribution is 2.40. The normalized spacial score (nSPS) is 25.0. The first-order chi connectivity index (χ1) is 6.76. The summed E-state index contributed by atoms with van der Waals surface area (Å²) < 4.78 is 0. The van der Waals surface area contributed by atoms with E-state index in [0.29, 0.717) is 11.8 Å². The van der Waals surface area contributed by atoms with Gasteiger partial charge in [-0.15, -0.1) is 0 Å². The van der Waals surface area contributed by atoms with Crippen LogP contribution in [0.2, 0.25) is 6.32 Å². The van der Waals surface area contributed by atoms with E-state index in [1.807, 2.05) is 0 Å². The lowest BCUT2D eigenvalue weighted by atomic mass is 9.83. The number of hydrogen-bond donors (Lipinski definition) is 1. The first kappa shape index (κ1) is 10.2. The molecule has 0 spiro atoms. The van der Waals surface area contributed by atoms with Crippen molar-refractivity contribution < 1.29 is 0 Å². The summed E-state index contributed by atoms with van der Waals surface area (Å²) in [5.41, 5.74) is 4.30. The molecule has 0 saturated carbocycles. The average molecular weight is 202 g/mol. The minimum atomic E-state index is 0.568. The number of fused-ring (bicyclic) bond motifs is 1. The lowest BCUT2D eigenvalue weighted by molar-refractivity contribution is 0.538. The molecule has 1 aliphatic rings. The fraction of sp³-hybridized carbons (Fsp3) is 0.500. The maximum atomic E-state index is 5.78. The third-order valence-electron chi connectivity index (χ3n) is 3.25. The van der Waals surface area contributed by atoms with E-state index in [1.165, 1.54) is 16.7 Å². The van der Waals surface area contributed by atoms with E-state index < -0.39 is 0 Å². The van der Waals surface area contributed by atoms with Crippen LogP contribution in [-0.4, -0.2) is 13.6 Å². The molecule has 0 aliphatic heterocycles. The van der Waals surface area contributed by atoms with Gasteiger partial charge in [-0.1, -0.05) is 30.1 Å². The molecule has 1 aromatic carbocycles. The lowest BCUT2D eigenvalue weighted by Crippen LogP contribution is -2.08. The van der Waals surface area contributed by atoms with Gasteiger partial charge in [0.15, 0.2) is 0 Å². The second-order valence-electron chi connectivity index (χ2n) is 4.19. The molecule has 0 aromatic heterocycles. The summed E-state index contributed by atoms with van der Waals surface area (Å²) in [4.78, 5) is 0. The number of aryl methyl sites for hydroxylation is 1. The van der Waals surface area contributed by atoms with Gasteiger partial charge in [0.2, 0.25) is 0 Å². The fourth-order valence-corrected chi connectivity index (χ4v) is 2.91. The molecule has 0 saturated heterocycles. The van der Waals surface area contributed by atoms with E-state index in [9.17, 15) is 0 Å². The average Bonchev–Trinajstić information content (AvgIpc) is 2.54. The van der Waals surface area contributed by atoms with Crippen molar-refractivity contribution in [3.63, 3.8) is 0 Å². The fourth-order valence-electron chi connectivity index (χ4n) is 2.42. The molecule has 0 bridgehead atoms. The van der Waals surface area contributed by atoms with E-state index in [0.717, 1.165) is 18.5 Å². The highest BCUT2D eigenvalue weighted by Gasteiger charge is 2.29. The Bertz CT molecular complexity index is 335. The van der Waals surface area contributed by atoms with Crippen LogP contribution in [0.15, 0.2) is 18.2 Å². The van der Waals surface area contributed by atoms with Gasteiger partial charge in [0.25, 0.3) is 0 Å². The summed E-state index contributed by atoms with van der Waals surface area (Å²) in [6, 6.07) is 6.73. The third kappa shape index (κ3) is 1.60. The molecule has 72 valence electrons. The maximum absolute atomic E-state index is 5.78.